The van der Waals surface area contributed by atoms with E-state index in [0.717, 1.165) is 33.1 Å². The average Bonchev–Trinajstić information content (AvgIpc) is 2.38. The lowest BCUT2D eigenvalue weighted by atomic mass is 9.83. The first kappa shape index (κ1) is 16.5. The molecule has 2 rings (SSSR count). The topological polar surface area (TPSA) is 38.3 Å². The summed E-state index contributed by atoms with van der Waals surface area (Å²) in [7, 11) is 0. The van der Waals surface area contributed by atoms with Gasteiger partial charge in [0.25, 0.3) is 0 Å². The molecule has 0 amide bonds. The highest BCUT2D eigenvalue weighted by molar-refractivity contribution is 14.1. The number of piperidine rings is 1. The van der Waals surface area contributed by atoms with E-state index in [-0.39, 0.29) is 5.97 Å². The summed E-state index contributed by atoms with van der Waals surface area (Å²) < 4.78 is 7.91. The summed E-state index contributed by atoms with van der Waals surface area (Å²) in [6.07, 6.45) is 2.12. The Hall–Kier alpha value is 0.110. The minimum atomic E-state index is -0.411. The van der Waals surface area contributed by atoms with Crippen LogP contribution in [0.5, 0.6) is 0 Å². The van der Waals surface area contributed by atoms with Crippen LogP contribution in [-0.2, 0) is 4.74 Å². The first-order chi connectivity index (χ1) is 9.38. The maximum atomic E-state index is 12.4. The number of rotatable bonds is 3. The zero-order chi connectivity index (χ0) is 14.8. The molecule has 1 aliphatic heterocycles. The second-order valence-electron chi connectivity index (χ2n) is 5.68. The van der Waals surface area contributed by atoms with Crippen molar-refractivity contribution in [2.75, 3.05) is 13.1 Å². The summed E-state index contributed by atoms with van der Waals surface area (Å²) >= 11 is 4.45. The molecule has 0 atom stereocenters. The van der Waals surface area contributed by atoms with Crippen molar-refractivity contribution in [1.82, 2.24) is 5.32 Å². The smallest absolute Gasteiger partial charge is 0.338 e. The Balaban J connectivity index is 2.09. The van der Waals surface area contributed by atoms with Crippen molar-refractivity contribution in [2.24, 2.45) is 5.92 Å². The zero-order valence-corrected chi connectivity index (χ0v) is 16.0. The highest BCUT2D eigenvalue weighted by Gasteiger charge is 2.34. The lowest BCUT2D eigenvalue weighted by Gasteiger charge is -2.36. The van der Waals surface area contributed by atoms with Crippen LogP contribution in [0.15, 0.2) is 18.2 Å². The molecule has 0 aliphatic carbocycles. The van der Waals surface area contributed by atoms with Gasteiger partial charge in [0.2, 0.25) is 0 Å². The zero-order valence-electron chi connectivity index (χ0n) is 11.7. The fourth-order valence-corrected chi connectivity index (χ4v) is 4.51. The van der Waals surface area contributed by atoms with Crippen molar-refractivity contribution in [3.05, 3.63) is 30.9 Å². The van der Waals surface area contributed by atoms with Gasteiger partial charge in [0.15, 0.2) is 0 Å². The largest absolute Gasteiger partial charge is 0.456 e. The third-order valence-electron chi connectivity index (χ3n) is 3.78. The molecule has 5 heteroatoms. The highest BCUT2D eigenvalue weighted by Crippen LogP contribution is 2.30. The molecule has 0 radical (unpaired) electrons. The molecular formula is C15H19I2NO2. The number of carbonyl (C=O) groups excluding carboxylic acids is 1. The average molecular weight is 499 g/mol. The van der Waals surface area contributed by atoms with Gasteiger partial charge in [-0.3, -0.25) is 0 Å². The molecule has 0 spiro atoms. The Morgan fingerprint density at radius 1 is 1.20 bits per heavy atom. The van der Waals surface area contributed by atoms with Gasteiger partial charge in [-0.1, -0.05) is 0 Å². The van der Waals surface area contributed by atoms with Crippen LogP contribution < -0.4 is 5.32 Å². The maximum absolute atomic E-state index is 12.4. The van der Waals surface area contributed by atoms with Gasteiger partial charge in [-0.25, -0.2) is 4.79 Å². The van der Waals surface area contributed by atoms with E-state index in [2.05, 4.69) is 50.5 Å². The van der Waals surface area contributed by atoms with Crippen LogP contribution in [0.2, 0.25) is 0 Å². The van der Waals surface area contributed by atoms with Gasteiger partial charge in [0.05, 0.1) is 5.56 Å². The molecule has 1 saturated heterocycles. The van der Waals surface area contributed by atoms with Crippen molar-refractivity contribution >= 4 is 51.2 Å². The SMILES string of the molecule is CC(C)(OC(=O)c1cc(I)cc(I)c1)C1CCNCC1. The quantitative estimate of drug-likeness (QED) is 0.508. The van der Waals surface area contributed by atoms with Gasteiger partial charge in [-0.2, -0.15) is 0 Å². The summed E-state index contributed by atoms with van der Waals surface area (Å²) in [5.41, 5.74) is 0.231. The Kier molecular flexibility index (Phi) is 5.70. The predicted molar refractivity (Wildman–Crippen MR) is 97.0 cm³/mol. The number of esters is 1. The molecule has 1 N–H and O–H groups in total. The van der Waals surface area contributed by atoms with Crippen LogP contribution in [0, 0.1) is 13.1 Å². The summed E-state index contributed by atoms with van der Waals surface area (Å²) in [6, 6.07) is 5.79. The predicted octanol–water partition coefficient (Wildman–Crippen LogP) is 3.83. The van der Waals surface area contributed by atoms with E-state index < -0.39 is 5.60 Å². The second-order valence-corrected chi connectivity index (χ2v) is 8.17. The number of nitrogens with one attached hydrogen (secondary N) is 1. The van der Waals surface area contributed by atoms with E-state index in [1.165, 1.54) is 0 Å². The monoisotopic (exact) mass is 499 g/mol. The van der Waals surface area contributed by atoms with Gasteiger partial charge in [-0.15, -0.1) is 0 Å². The van der Waals surface area contributed by atoms with E-state index in [1.54, 1.807) is 0 Å². The van der Waals surface area contributed by atoms with Crippen LogP contribution in [0.25, 0.3) is 0 Å². The molecule has 110 valence electrons. The Morgan fingerprint density at radius 2 is 1.75 bits per heavy atom. The molecule has 1 heterocycles. The molecular weight excluding hydrogens is 480 g/mol. The highest BCUT2D eigenvalue weighted by atomic mass is 127. The summed E-state index contributed by atoms with van der Waals surface area (Å²) in [5, 5.41) is 3.34. The van der Waals surface area contributed by atoms with Crippen LogP contribution in [0.4, 0.5) is 0 Å². The van der Waals surface area contributed by atoms with Crippen molar-refractivity contribution in [3.63, 3.8) is 0 Å². The van der Waals surface area contributed by atoms with E-state index in [1.807, 2.05) is 32.0 Å². The molecule has 3 nitrogen and oxygen atoms in total. The van der Waals surface area contributed by atoms with Gasteiger partial charge >= 0.3 is 5.97 Å². The summed E-state index contributed by atoms with van der Waals surface area (Å²) in [4.78, 5) is 12.4. The second kappa shape index (κ2) is 6.91. The van der Waals surface area contributed by atoms with Crippen molar-refractivity contribution < 1.29 is 9.53 Å². The van der Waals surface area contributed by atoms with Crippen molar-refractivity contribution in [3.8, 4) is 0 Å². The van der Waals surface area contributed by atoms with E-state index >= 15 is 0 Å². The lowest BCUT2D eigenvalue weighted by molar-refractivity contribution is -0.0368. The first-order valence-corrected chi connectivity index (χ1v) is 8.94. The van der Waals surface area contributed by atoms with Crippen LogP contribution in [-0.4, -0.2) is 24.7 Å². The molecule has 0 aromatic heterocycles. The van der Waals surface area contributed by atoms with Gasteiger partial charge in [0, 0.05) is 13.1 Å². The van der Waals surface area contributed by atoms with Crippen molar-refractivity contribution in [1.29, 1.82) is 0 Å². The Labute approximate surface area is 147 Å². The number of halogens is 2. The minimum absolute atomic E-state index is 0.218. The van der Waals surface area contributed by atoms with Crippen LogP contribution in [0.1, 0.15) is 37.0 Å². The van der Waals surface area contributed by atoms with Crippen LogP contribution in [0.3, 0.4) is 0 Å². The Bertz CT molecular complexity index is 476. The molecule has 1 aromatic carbocycles. The number of carbonyl (C=O) groups is 1. The van der Waals surface area contributed by atoms with Gasteiger partial charge in [0.1, 0.15) is 5.60 Å². The molecule has 1 fully saturated rings. The lowest BCUT2D eigenvalue weighted by Crippen LogP contribution is -2.42. The molecule has 20 heavy (non-hydrogen) atoms. The number of hydrogen-bond acceptors (Lipinski definition) is 3. The Morgan fingerprint density at radius 3 is 2.30 bits per heavy atom. The van der Waals surface area contributed by atoms with Crippen molar-refractivity contribution in [2.45, 2.75) is 32.3 Å². The molecule has 0 unspecified atom stereocenters. The fraction of sp³-hybridized carbons (Fsp3) is 0.533. The number of benzene rings is 1. The minimum Gasteiger partial charge on any atom is -0.456 e. The fourth-order valence-electron chi connectivity index (χ4n) is 2.57. The third-order valence-corrected chi connectivity index (χ3v) is 5.02. The molecule has 0 saturated carbocycles. The number of ether oxygens (including phenoxy) is 1. The standard InChI is InChI=1S/C15H19I2NO2/c1-15(2,11-3-5-18-6-4-11)20-14(19)10-7-12(16)9-13(17)8-10/h7-9,11,18H,3-6H2,1-2H3. The molecule has 1 aromatic rings. The summed E-state index contributed by atoms with van der Waals surface area (Å²) in [5.74, 6) is 0.208. The maximum Gasteiger partial charge on any atom is 0.338 e. The molecule has 1 aliphatic rings. The van der Waals surface area contributed by atoms with Crippen LogP contribution >= 0.6 is 45.2 Å². The summed E-state index contributed by atoms with van der Waals surface area (Å²) in [6.45, 7) is 6.07. The van der Waals surface area contributed by atoms with E-state index in [0.29, 0.717) is 11.5 Å². The van der Waals surface area contributed by atoms with E-state index in [9.17, 15) is 4.79 Å². The number of hydrogen-bond donors (Lipinski definition) is 1. The first-order valence-electron chi connectivity index (χ1n) is 6.78. The third kappa shape index (κ3) is 4.30. The van der Waals surface area contributed by atoms with E-state index in [4.69, 9.17) is 4.74 Å². The molecule has 0 bridgehead atoms. The van der Waals surface area contributed by atoms with Gasteiger partial charge < -0.3 is 10.1 Å². The normalized spacial score (nSPS) is 17.0. The van der Waals surface area contributed by atoms with Gasteiger partial charge in [-0.05, 0) is 103 Å².